The molecule has 116 valence electrons. The molecule has 2 atom stereocenters. The minimum atomic E-state index is -0.383. The smallest absolute Gasteiger partial charge is 0.222 e. The lowest BCUT2D eigenvalue weighted by molar-refractivity contribution is -0.124. The molecule has 5 heteroatoms. The van der Waals surface area contributed by atoms with Crippen molar-refractivity contribution in [3.63, 3.8) is 0 Å². The van der Waals surface area contributed by atoms with E-state index in [0.717, 1.165) is 58.0 Å². The maximum absolute atomic E-state index is 11.9. The topological polar surface area (TPSA) is 70.6 Å². The molecule has 0 aromatic rings. The van der Waals surface area contributed by atoms with Crippen LogP contribution in [0.5, 0.6) is 0 Å². The van der Waals surface area contributed by atoms with Crippen molar-refractivity contribution in [2.24, 2.45) is 0 Å². The van der Waals surface area contributed by atoms with Gasteiger partial charge < -0.3 is 20.5 Å². The second-order valence-corrected chi connectivity index (χ2v) is 5.95. The Kier molecular flexibility index (Phi) is 6.76. The first-order valence-corrected chi connectivity index (χ1v) is 8.05. The van der Waals surface area contributed by atoms with Crippen molar-refractivity contribution in [3.05, 3.63) is 0 Å². The summed E-state index contributed by atoms with van der Waals surface area (Å²) in [6.45, 7) is 2.50. The summed E-state index contributed by atoms with van der Waals surface area (Å²) in [5, 5.41) is 16.2. The molecule has 2 unspecified atom stereocenters. The maximum Gasteiger partial charge on any atom is 0.222 e. The zero-order chi connectivity index (χ0) is 14.2. The highest BCUT2D eigenvalue weighted by molar-refractivity contribution is 5.76. The van der Waals surface area contributed by atoms with Crippen LogP contribution < -0.4 is 10.6 Å². The van der Waals surface area contributed by atoms with Gasteiger partial charge in [-0.1, -0.05) is 19.3 Å². The van der Waals surface area contributed by atoms with E-state index in [4.69, 9.17) is 4.74 Å². The van der Waals surface area contributed by atoms with E-state index >= 15 is 0 Å². The number of carbonyl (C=O) groups excluding carboxylic acids is 1. The Hall–Kier alpha value is -0.650. The molecule has 20 heavy (non-hydrogen) atoms. The van der Waals surface area contributed by atoms with E-state index in [1.54, 1.807) is 0 Å². The van der Waals surface area contributed by atoms with E-state index in [9.17, 15) is 9.90 Å². The molecule has 0 bridgehead atoms. The molecule has 1 aliphatic carbocycles. The number of piperidine rings is 1. The second kappa shape index (κ2) is 8.60. The fourth-order valence-electron chi connectivity index (χ4n) is 3.02. The van der Waals surface area contributed by atoms with E-state index < -0.39 is 0 Å². The summed E-state index contributed by atoms with van der Waals surface area (Å²) in [5.74, 6) is 0.00452. The summed E-state index contributed by atoms with van der Waals surface area (Å²) in [6.07, 6.45) is 7.37. The van der Waals surface area contributed by atoms with Crippen molar-refractivity contribution in [1.29, 1.82) is 0 Å². The van der Waals surface area contributed by atoms with Gasteiger partial charge in [-0.05, 0) is 38.8 Å². The third-order valence-electron chi connectivity index (χ3n) is 4.29. The van der Waals surface area contributed by atoms with E-state index in [1.807, 2.05) is 0 Å². The molecule has 2 fully saturated rings. The van der Waals surface area contributed by atoms with E-state index in [2.05, 4.69) is 10.6 Å². The van der Waals surface area contributed by atoms with Crippen LogP contribution in [0.3, 0.4) is 0 Å². The van der Waals surface area contributed by atoms with E-state index in [0.29, 0.717) is 19.1 Å². The molecule has 5 nitrogen and oxygen atoms in total. The van der Waals surface area contributed by atoms with Crippen LogP contribution in [-0.4, -0.2) is 49.0 Å². The van der Waals surface area contributed by atoms with Gasteiger partial charge >= 0.3 is 0 Å². The standard InChI is InChI=1S/C15H28N2O3/c18-14-5-3-1-2-4-13(14)17-15(19)8-11-20-12-6-9-16-10-7-12/h12-14,16,18H,1-11H2,(H,17,19). The van der Waals surface area contributed by atoms with E-state index in [-0.39, 0.29) is 18.1 Å². The van der Waals surface area contributed by atoms with E-state index in [1.165, 1.54) is 0 Å². The molecule has 0 radical (unpaired) electrons. The zero-order valence-corrected chi connectivity index (χ0v) is 12.3. The highest BCUT2D eigenvalue weighted by Crippen LogP contribution is 2.18. The van der Waals surface area contributed by atoms with Crippen molar-refractivity contribution >= 4 is 5.91 Å². The number of amides is 1. The van der Waals surface area contributed by atoms with Crippen molar-refractivity contribution in [2.45, 2.75) is 69.6 Å². The molecule has 0 aromatic carbocycles. The summed E-state index contributed by atoms with van der Waals surface area (Å²) in [4.78, 5) is 11.9. The average Bonchev–Trinajstić information content (AvgIpc) is 2.65. The van der Waals surface area contributed by atoms with Gasteiger partial charge in [0.25, 0.3) is 0 Å². The number of aliphatic hydroxyl groups excluding tert-OH is 1. The monoisotopic (exact) mass is 284 g/mol. The molecular weight excluding hydrogens is 256 g/mol. The number of aliphatic hydroxyl groups is 1. The normalized spacial score (nSPS) is 28.9. The Morgan fingerprint density at radius 3 is 2.70 bits per heavy atom. The van der Waals surface area contributed by atoms with Crippen LogP contribution in [0.4, 0.5) is 0 Å². The van der Waals surface area contributed by atoms with Gasteiger partial charge in [0.05, 0.1) is 24.9 Å². The lowest BCUT2D eigenvalue weighted by Gasteiger charge is -2.24. The van der Waals surface area contributed by atoms with Gasteiger partial charge in [0, 0.05) is 6.42 Å². The first-order chi connectivity index (χ1) is 9.75. The van der Waals surface area contributed by atoms with Gasteiger partial charge in [0.2, 0.25) is 5.91 Å². The summed E-state index contributed by atoms with van der Waals surface area (Å²) in [6, 6.07) is -0.0659. The minimum Gasteiger partial charge on any atom is -0.391 e. The van der Waals surface area contributed by atoms with Gasteiger partial charge in [-0.2, -0.15) is 0 Å². The van der Waals surface area contributed by atoms with Gasteiger partial charge in [-0.3, -0.25) is 4.79 Å². The lowest BCUT2D eigenvalue weighted by atomic mass is 10.1. The molecule has 0 spiro atoms. The molecule has 2 rings (SSSR count). The van der Waals surface area contributed by atoms with Gasteiger partial charge in [-0.15, -0.1) is 0 Å². The van der Waals surface area contributed by atoms with Crippen LogP contribution in [0.25, 0.3) is 0 Å². The molecule has 1 saturated carbocycles. The number of carbonyl (C=O) groups is 1. The quantitative estimate of drug-likeness (QED) is 0.658. The second-order valence-electron chi connectivity index (χ2n) is 5.95. The molecule has 0 aromatic heterocycles. The number of rotatable bonds is 5. The predicted octanol–water partition coefficient (Wildman–Crippen LogP) is 0.955. The first-order valence-electron chi connectivity index (χ1n) is 8.05. The molecule has 1 amide bonds. The molecule has 1 aliphatic heterocycles. The third kappa shape index (κ3) is 5.38. The van der Waals surface area contributed by atoms with Crippen LogP contribution in [-0.2, 0) is 9.53 Å². The number of ether oxygens (including phenoxy) is 1. The Morgan fingerprint density at radius 1 is 1.15 bits per heavy atom. The van der Waals surface area contributed by atoms with Crippen molar-refractivity contribution in [1.82, 2.24) is 10.6 Å². The molecular formula is C15H28N2O3. The average molecular weight is 284 g/mol. The van der Waals surface area contributed by atoms with Crippen molar-refractivity contribution in [2.75, 3.05) is 19.7 Å². The summed E-state index contributed by atoms with van der Waals surface area (Å²) >= 11 is 0. The van der Waals surface area contributed by atoms with Crippen LogP contribution in [0.1, 0.15) is 51.4 Å². The molecule has 1 heterocycles. The summed E-state index contributed by atoms with van der Waals surface area (Å²) in [5.41, 5.74) is 0. The maximum atomic E-state index is 11.9. The van der Waals surface area contributed by atoms with Gasteiger partial charge in [0.15, 0.2) is 0 Å². The lowest BCUT2D eigenvalue weighted by Crippen LogP contribution is -2.43. The summed E-state index contributed by atoms with van der Waals surface area (Å²) < 4.78 is 5.73. The molecule has 1 saturated heterocycles. The predicted molar refractivity (Wildman–Crippen MR) is 77.5 cm³/mol. The van der Waals surface area contributed by atoms with Crippen LogP contribution in [0.2, 0.25) is 0 Å². The molecule has 2 aliphatic rings. The largest absolute Gasteiger partial charge is 0.391 e. The first kappa shape index (κ1) is 15.7. The highest BCUT2D eigenvalue weighted by atomic mass is 16.5. The van der Waals surface area contributed by atoms with Crippen LogP contribution in [0.15, 0.2) is 0 Å². The van der Waals surface area contributed by atoms with Crippen LogP contribution in [0, 0.1) is 0 Å². The highest BCUT2D eigenvalue weighted by Gasteiger charge is 2.23. The SMILES string of the molecule is O=C(CCOC1CCNCC1)NC1CCCCCC1O. The van der Waals surface area contributed by atoms with Gasteiger partial charge in [0.1, 0.15) is 0 Å². The minimum absolute atomic E-state index is 0.00452. The Balaban J connectivity index is 1.61. The van der Waals surface area contributed by atoms with Crippen molar-refractivity contribution in [3.8, 4) is 0 Å². The number of hydrogen-bond acceptors (Lipinski definition) is 4. The summed E-state index contributed by atoms with van der Waals surface area (Å²) in [7, 11) is 0. The fraction of sp³-hybridized carbons (Fsp3) is 0.933. The van der Waals surface area contributed by atoms with Crippen LogP contribution >= 0.6 is 0 Å². The molecule has 3 N–H and O–H groups in total. The Bertz CT molecular complexity index is 293. The number of hydrogen-bond donors (Lipinski definition) is 3. The Labute approximate surface area is 121 Å². The third-order valence-corrected chi connectivity index (χ3v) is 4.29. The Morgan fingerprint density at radius 2 is 1.90 bits per heavy atom. The van der Waals surface area contributed by atoms with Crippen molar-refractivity contribution < 1.29 is 14.6 Å². The number of nitrogens with one attached hydrogen (secondary N) is 2. The van der Waals surface area contributed by atoms with Gasteiger partial charge in [-0.25, -0.2) is 0 Å². The fourth-order valence-corrected chi connectivity index (χ4v) is 3.02. The zero-order valence-electron chi connectivity index (χ0n) is 12.3.